The summed E-state index contributed by atoms with van der Waals surface area (Å²) in [6.45, 7) is 8.26. The topological polar surface area (TPSA) is 44.2 Å². The third-order valence-electron chi connectivity index (χ3n) is 5.00. The summed E-state index contributed by atoms with van der Waals surface area (Å²) in [5.74, 6) is 0. The van der Waals surface area contributed by atoms with E-state index >= 15 is 0 Å². The lowest BCUT2D eigenvalue weighted by atomic mass is 9.76. The molecular formula is C18H19BN2O2. The summed E-state index contributed by atoms with van der Waals surface area (Å²) >= 11 is 0. The van der Waals surface area contributed by atoms with Gasteiger partial charge >= 0.3 is 7.12 Å². The summed E-state index contributed by atoms with van der Waals surface area (Å²) < 4.78 is 12.5. The van der Waals surface area contributed by atoms with Crippen molar-refractivity contribution in [2.24, 2.45) is 0 Å². The first-order valence-corrected chi connectivity index (χ1v) is 7.87. The van der Waals surface area contributed by atoms with Crippen LogP contribution in [0, 0.1) is 0 Å². The van der Waals surface area contributed by atoms with E-state index in [1.54, 1.807) is 12.4 Å². The van der Waals surface area contributed by atoms with Crippen LogP contribution < -0.4 is 5.46 Å². The molecule has 5 heteroatoms. The van der Waals surface area contributed by atoms with E-state index in [0.29, 0.717) is 0 Å². The molecule has 116 valence electrons. The lowest BCUT2D eigenvalue weighted by molar-refractivity contribution is 0.00578. The van der Waals surface area contributed by atoms with Crippen LogP contribution in [0.3, 0.4) is 0 Å². The molecule has 1 saturated heterocycles. The van der Waals surface area contributed by atoms with Crippen molar-refractivity contribution < 1.29 is 9.31 Å². The highest BCUT2D eigenvalue weighted by molar-refractivity contribution is 6.65. The van der Waals surface area contributed by atoms with Gasteiger partial charge in [-0.15, -0.1) is 0 Å². The first-order valence-electron chi connectivity index (χ1n) is 7.87. The van der Waals surface area contributed by atoms with E-state index < -0.39 is 7.12 Å². The van der Waals surface area contributed by atoms with Gasteiger partial charge in [0.2, 0.25) is 0 Å². The maximum absolute atomic E-state index is 6.24. The van der Waals surface area contributed by atoms with Crippen molar-refractivity contribution in [3.05, 3.63) is 42.7 Å². The number of benzene rings is 1. The number of nitrogens with zero attached hydrogens (tertiary/aromatic N) is 2. The van der Waals surface area contributed by atoms with Gasteiger partial charge in [-0.25, -0.2) is 0 Å². The fraction of sp³-hybridized carbons (Fsp3) is 0.333. The van der Waals surface area contributed by atoms with Gasteiger partial charge in [-0.1, -0.05) is 18.2 Å². The van der Waals surface area contributed by atoms with Crippen LogP contribution in [0.1, 0.15) is 27.7 Å². The molecule has 4 nitrogen and oxygen atoms in total. The smallest absolute Gasteiger partial charge is 0.399 e. The minimum atomic E-state index is -0.406. The maximum Gasteiger partial charge on any atom is 0.495 e. The van der Waals surface area contributed by atoms with Gasteiger partial charge < -0.3 is 9.31 Å². The fourth-order valence-corrected chi connectivity index (χ4v) is 2.97. The Morgan fingerprint density at radius 1 is 0.870 bits per heavy atom. The first kappa shape index (κ1) is 14.6. The summed E-state index contributed by atoms with van der Waals surface area (Å²) in [5, 5.41) is 2.07. The van der Waals surface area contributed by atoms with Crippen molar-refractivity contribution in [2.75, 3.05) is 0 Å². The quantitative estimate of drug-likeness (QED) is 0.512. The first-order chi connectivity index (χ1) is 10.9. The van der Waals surface area contributed by atoms with Gasteiger partial charge in [-0.05, 0) is 45.3 Å². The average molecular weight is 306 g/mol. The summed E-state index contributed by atoms with van der Waals surface area (Å²) in [7, 11) is -0.406. The molecule has 3 aromatic rings. The molecule has 0 atom stereocenters. The van der Waals surface area contributed by atoms with Gasteiger partial charge in [0, 0.05) is 23.2 Å². The molecule has 1 fully saturated rings. The van der Waals surface area contributed by atoms with E-state index in [1.807, 2.05) is 18.2 Å². The molecule has 2 aromatic heterocycles. The van der Waals surface area contributed by atoms with Gasteiger partial charge in [0.25, 0.3) is 0 Å². The number of hydrogen-bond acceptors (Lipinski definition) is 4. The largest absolute Gasteiger partial charge is 0.495 e. The second-order valence-corrected chi connectivity index (χ2v) is 7.03. The normalized spacial score (nSPS) is 19.6. The Kier molecular flexibility index (Phi) is 3.02. The van der Waals surface area contributed by atoms with Crippen LogP contribution in [0.25, 0.3) is 21.8 Å². The van der Waals surface area contributed by atoms with Crippen LogP contribution in [0.5, 0.6) is 0 Å². The average Bonchev–Trinajstić information content (AvgIpc) is 2.74. The summed E-state index contributed by atoms with van der Waals surface area (Å²) in [5.41, 5.74) is 2.07. The molecule has 0 unspecified atom stereocenters. The molecule has 1 aromatic carbocycles. The molecule has 0 spiro atoms. The van der Waals surface area contributed by atoms with Crippen LogP contribution in [0.15, 0.2) is 42.7 Å². The van der Waals surface area contributed by atoms with Gasteiger partial charge in [0.15, 0.2) is 0 Å². The van der Waals surface area contributed by atoms with Crippen molar-refractivity contribution >= 4 is 34.4 Å². The molecule has 23 heavy (non-hydrogen) atoms. The van der Waals surface area contributed by atoms with Crippen molar-refractivity contribution in [2.45, 2.75) is 38.9 Å². The van der Waals surface area contributed by atoms with Crippen molar-refractivity contribution in [3.63, 3.8) is 0 Å². The standard InChI is InChI=1S/C18H19BN2O2/c1-17(2)18(3,4)23-19(22-17)14-11-12-7-5-9-20-15(12)16-13(14)8-6-10-21-16/h5-11H,1-4H3. The molecule has 4 rings (SSSR count). The Bertz CT molecular complexity index is 892. The minimum absolute atomic E-state index is 0.365. The number of aromatic nitrogens is 2. The minimum Gasteiger partial charge on any atom is -0.399 e. The summed E-state index contributed by atoms with van der Waals surface area (Å²) in [6, 6.07) is 10.1. The second-order valence-electron chi connectivity index (χ2n) is 7.03. The van der Waals surface area contributed by atoms with Crippen molar-refractivity contribution in [1.29, 1.82) is 0 Å². The molecule has 0 bridgehead atoms. The Labute approximate surface area is 136 Å². The molecule has 3 heterocycles. The van der Waals surface area contributed by atoms with Crippen LogP contribution in [0.4, 0.5) is 0 Å². The number of pyridine rings is 2. The number of fused-ring (bicyclic) bond motifs is 3. The molecule has 0 radical (unpaired) electrons. The monoisotopic (exact) mass is 306 g/mol. The molecule has 1 aliphatic rings. The predicted octanol–water partition coefficient (Wildman–Crippen LogP) is 3.08. The zero-order chi connectivity index (χ0) is 16.2. The van der Waals surface area contributed by atoms with Crippen LogP contribution in [-0.4, -0.2) is 28.3 Å². The highest BCUT2D eigenvalue weighted by atomic mass is 16.7. The molecule has 1 aliphatic heterocycles. The van der Waals surface area contributed by atoms with Crippen LogP contribution in [0.2, 0.25) is 0 Å². The number of rotatable bonds is 1. The summed E-state index contributed by atoms with van der Waals surface area (Å²) in [6.07, 6.45) is 3.59. The SMILES string of the molecule is CC1(C)OB(c2cc3cccnc3c3ncccc23)OC1(C)C. The van der Waals surface area contributed by atoms with Crippen molar-refractivity contribution in [1.82, 2.24) is 9.97 Å². The molecular weight excluding hydrogens is 287 g/mol. The number of hydrogen-bond donors (Lipinski definition) is 0. The highest BCUT2D eigenvalue weighted by Gasteiger charge is 2.52. The summed E-state index contributed by atoms with van der Waals surface area (Å²) in [4.78, 5) is 9.03. The highest BCUT2D eigenvalue weighted by Crippen LogP contribution is 2.37. The molecule has 0 aliphatic carbocycles. The predicted molar refractivity (Wildman–Crippen MR) is 92.8 cm³/mol. The third-order valence-corrected chi connectivity index (χ3v) is 5.00. The van der Waals surface area contributed by atoms with Crippen LogP contribution >= 0.6 is 0 Å². The van der Waals surface area contributed by atoms with Gasteiger partial charge in [0.1, 0.15) is 0 Å². The Hall–Kier alpha value is -1.98. The van der Waals surface area contributed by atoms with E-state index in [-0.39, 0.29) is 11.2 Å². The van der Waals surface area contributed by atoms with Crippen molar-refractivity contribution in [3.8, 4) is 0 Å². The van der Waals surface area contributed by atoms with E-state index in [4.69, 9.17) is 9.31 Å². The lowest BCUT2D eigenvalue weighted by Crippen LogP contribution is -2.41. The van der Waals surface area contributed by atoms with E-state index in [1.165, 1.54) is 0 Å². The van der Waals surface area contributed by atoms with E-state index in [9.17, 15) is 0 Å². The van der Waals surface area contributed by atoms with E-state index in [0.717, 1.165) is 27.3 Å². The molecule has 0 saturated carbocycles. The maximum atomic E-state index is 6.24. The molecule has 0 N–H and O–H groups in total. The second kappa shape index (κ2) is 4.76. The Balaban J connectivity index is 1.97. The molecule has 0 amide bonds. The van der Waals surface area contributed by atoms with Gasteiger partial charge in [-0.2, -0.15) is 0 Å². The Morgan fingerprint density at radius 3 is 2.17 bits per heavy atom. The lowest BCUT2D eigenvalue weighted by Gasteiger charge is -2.32. The van der Waals surface area contributed by atoms with Crippen LogP contribution in [-0.2, 0) is 9.31 Å². The van der Waals surface area contributed by atoms with E-state index in [2.05, 4.69) is 49.8 Å². The van der Waals surface area contributed by atoms with Gasteiger partial charge in [-0.3, -0.25) is 9.97 Å². The van der Waals surface area contributed by atoms with Gasteiger partial charge in [0.05, 0.1) is 22.2 Å². The third kappa shape index (κ3) is 2.15. The zero-order valence-electron chi connectivity index (χ0n) is 13.8. The zero-order valence-corrected chi connectivity index (χ0v) is 13.8. The Morgan fingerprint density at radius 2 is 1.48 bits per heavy atom. The fourth-order valence-electron chi connectivity index (χ4n) is 2.97.